The third-order valence-corrected chi connectivity index (χ3v) is 5.96. The molecule has 1 aliphatic rings. The van der Waals surface area contributed by atoms with Gasteiger partial charge in [0.2, 0.25) is 0 Å². The van der Waals surface area contributed by atoms with Gasteiger partial charge in [0.15, 0.2) is 5.65 Å². The molecule has 3 aromatic heterocycles. The highest BCUT2D eigenvalue weighted by molar-refractivity contribution is 5.95. The smallest absolute Gasteiger partial charge is 0.180 e. The summed E-state index contributed by atoms with van der Waals surface area (Å²) in [4.78, 5) is 29.0. The van der Waals surface area contributed by atoms with E-state index in [1.165, 1.54) is 5.56 Å². The second kappa shape index (κ2) is 7.00. The number of hydrogen-bond donors (Lipinski definition) is 3. The van der Waals surface area contributed by atoms with E-state index in [1.54, 1.807) is 6.33 Å². The van der Waals surface area contributed by atoms with Crippen molar-refractivity contribution >= 4 is 33.7 Å². The molecular weight excluding hydrogens is 364 g/mol. The number of carbonyl (C=O) groups is 1. The Hall–Kier alpha value is -3.19. The number of imidazole rings is 1. The lowest BCUT2D eigenvalue weighted by atomic mass is 9.93. The van der Waals surface area contributed by atoms with Crippen LogP contribution in [-0.2, 0) is 11.3 Å². The molecule has 0 radical (unpaired) electrons. The quantitative estimate of drug-likeness (QED) is 0.495. The number of H-pyrrole nitrogens is 2. The molecule has 0 spiro atoms. The van der Waals surface area contributed by atoms with Gasteiger partial charge in [0.1, 0.15) is 11.6 Å². The predicted molar refractivity (Wildman–Crippen MR) is 114 cm³/mol. The minimum Gasteiger partial charge on any atom is -0.384 e. The molecule has 4 N–H and O–H groups in total. The van der Waals surface area contributed by atoms with Crippen LogP contribution < -0.4 is 5.73 Å². The van der Waals surface area contributed by atoms with Crippen molar-refractivity contribution < 1.29 is 4.79 Å². The number of hydrogen-bond acceptors (Lipinski definition) is 5. The fraction of sp³-hybridized carbons (Fsp3) is 0.318. The number of nitrogen functional groups attached to an aromatic ring is 1. The molecule has 29 heavy (non-hydrogen) atoms. The van der Waals surface area contributed by atoms with E-state index in [0.29, 0.717) is 36.1 Å². The van der Waals surface area contributed by atoms with Crippen LogP contribution in [0.3, 0.4) is 0 Å². The van der Waals surface area contributed by atoms with Gasteiger partial charge in [0, 0.05) is 47.6 Å². The zero-order valence-corrected chi connectivity index (χ0v) is 16.4. The Morgan fingerprint density at radius 3 is 2.86 bits per heavy atom. The maximum absolute atomic E-state index is 11.5. The average molecular weight is 388 g/mol. The van der Waals surface area contributed by atoms with Crippen LogP contribution in [0, 0.1) is 0 Å². The first kappa shape index (κ1) is 17.9. The van der Waals surface area contributed by atoms with Gasteiger partial charge < -0.3 is 15.7 Å². The molecule has 0 saturated heterocycles. The van der Waals surface area contributed by atoms with Crippen LogP contribution in [0.1, 0.15) is 31.2 Å². The molecule has 3 heterocycles. The molecular formula is C22H24N6O. The molecule has 0 unspecified atom stereocenters. The first-order valence-corrected chi connectivity index (χ1v) is 10.0. The average Bonchev–Trinajstić information content (AvgIpc) is 3.34. The van der Waals surface area contributed by atoms with Gasteiger partial charge in [0.25, 0.3) is 0 Å². The number of nitrogens with zero attached hydrogens (tertiary/aromatic N) is 3. The first-order valence-electron chi connectivity index (χ1n) is 10.0. The molecule has 0 atom stereocenters. The van der Waals surface area contributed by atoms with Crippen molar-refractivity contribution in [3.63, 3.8) is 0 Å². The van der Waals surface area contributed by atoms with E-state index >= 15 is 0 Å². The molecule has 1 aromatic carbocycles. The molecule has 5 rings (SSSR count). The van der Waals surface area contributed by atoms with Crippen molar-refractivity contribution in [2.24, 2.45) is 0 Å². The van der Waals surface area contributed by atoms with Crippen LogP contribution in [-0.4, -0.2) is 43.7 Å². The number of aromatic nitrogens is 4. The second-order valence-corrected chi connectivity index (χ2v) is 7.99. The molecule has 7 nitrogen and oxygen atoms in total. The second-order valence-electron chi connectivity index (χ2n) is 7.99. The molecule has 4 aromatic rings. The summed E-state index contributed by atoms with van der Waals surface area (Å²) >= 11 is 0. The van der Waals surface area contributed by atoms with Gasteiger partial charge >= 0.3 is 0 Å². The molecule has 0 bridgehead atoms. The Balaban J connectivity index is 1.43. The van der Waals surface area contributed by atoms with E-state index in [-0.39, 0.29) is 0 Å². The van der Waals surface area contributed by atoms with E-state index in [4.69, 9.17) is 5.73 Å². The summed E-state index contributed by atoms with van der Waals surface area (Å²) in [6.07, 6.45) is 5.00. The molecule has 1 saturated carbocycles. The summed E-state index contributed by atoms with van der Waals surface area (Å²) in [6, 6.07) is 11.0. The summed E-state index contributed by atoms with van der Waals surface area (Å²) in [6.45, 7) is 0.877. The topological polar surface area (TPSA) is 104 Å². The largest absolute Gasteiger partial charge is 0.384 e. The number of nitrogens with two attached hydrogens (primary N) is 1. The van der Waals surface area contributed by atoms with Crippen LogP contribution in [0.25, 0.3) is 33.3 Å². The van der Waals surface area contributed by atoms with Crippen LogP contribution in [0.5, 0.6) is 0 Å². The van der Waals surface area contributed by atoms with Crippen LogP contribution >= 0.6 is 0 Å². The summed E-state index contributed by atoms with van der Waals surface area (Å²) < 4.78 is 0. The first-order chi connectivity index (χ1) is 14.1. The van der Waals surface area contributed by atoms with Crippen LogP contribution in [0.4, 0.5) is 5.82 Å². The summed E-state index contributed by atoms with van der Waals surface area (Å²) in [5.74, 6) is 0.852. The van der Waals surface area contributed by atoms with Gasteiger partial charge in [-0.2, -0.15) is 0 Å². The fourth-order valence-electron chi connectivity index (χ4n) is 4.37. The summed E-state index contributed by atoms with van der Waals surface area (Å²) in [5.41, 5.74) is 11.8. The Labute approximate surface area is 168 Å². The lowest BCUT2D eigenvalue weighted by molar-refractivity contribution is -0.121. The zero-order valence-electron chi connectivity index (χ0n) is 16.4. The number of Topliss-reactive ketones (excluding diaryl/α,β-unsaturated/α-hetero) is 1. The summed E-state index contributed by atoms with van der Waals surface area (Å²) in [7, 11) is 2.15. The van der Waals surface area contributed by atoms with Crippen molar-refractivity contribution in [3.8, 4) is 11.3 Å². The van der Waals surface area contributed by atoms with Gasteiger partial charge in [-0.1, -0.05) is 6.07 Å². The number of pyridine rings is 1. The summed E-state index contributed by atoms with van der Waals surface area (Å²) in [5, 5.41) is 1.16. The highest BCUT2D eigenvalue weighted by atomic mass is 16.1. The van der Waals surface area contributed by atoms with Gasteiger partial charge in [-0.3, -0.25) is 9.69 Å². The molecule has 1 aliphatic carbocycles. The van der Waals surface area contributed by atoms with Crippen LogP contribution in [0.15, 0.2) is 36.7 Å². The third kappa shape index (κ3) is 3.38. The Bertz CT molecular complexity index is 1200. The third-order valence-electron chi connectivity index (χ3n) is 5.96. The number of benzene rings is 1. The maximum atomic E-state index is 11.5. The zero-order chi connectivity index (χ0) is 20.0. The van der Waals surface area contributed by atoms with Crippen molar-refractivity contribution in [3.05, 3.63) is 42.2 Å². The normalized spacial score (nSPS) is 15.7. The number of ketones is 1. The standard InChI is InChI=1S/C22H24N6O/c1-28(15-3-5-16(29)6-4-15)11-13-2-7-18-14(8-13)9-19(26-18)17-10-20(23)27-22-21(17)24-12-25-22/h2,7-10,12,15,26H,3-6,11H2,1H3,(H3,23,24,25,27). The van der Waals surface area contributed by atoms with Gasteiger partial charge in [-0.25, -0.2) is 9.97 Å². The van der Waals surface area contributed by atoms with Gasteiger partial charge in [0.05, 0.1) is 11.8 Å². The lowest BCUT2D eigenvalue weighted by Gasteiger charge is -2.30. The van der Waals surface area contributed by atoms with E-state index < -0.39 is 0 Å². The number of nitrogens with one attached hydrogen (secondary N) is 2. The van der Waals surface area contributed by atoms with E-state index in [9.17, 15) is 4.79 Å². The number of fused-ring (bicyclic) bond motifs is 2. The number of anilines is 1. The highest BCUT2D eigenvalue weighted by Gasteiger charge is 2.22. The molecule has 0 amide bonds. The van der Waals surface area contributed by atoms with Crippen molar-refractivity contribution in [1.29, 1.82) is 0 Å². The predicted octanol–water partition coefficient (Wildman–Crippen LogP) is 3.63. The molecule has 1 fully saturated rings. The number of aromatic amines is 2. The van der Waals surface area contributed by atoms with Crippen molar-refractivity contribution in [2.75, 3.05) is 12.8 Å². The Morgan fingerprint density at radius 2 is 2.03 bits per heavy atom. The minimum absolute atomic E-state index is 0.402. The number of rotatable bonds is 4. The number of carbonyl (C=O) groups excluding carboxylic acids is 1. The van der Waals surface area contributed by atoms with Crippen molar-refractivity contribution in [1.82, 2.24) is 24.8 Å². The lowest BCUT2D eigenvalue weighted by Crippen LogP contribution is -2.34. The van der Waals surface area contributed by atoms with Gasteiger partial charge in [-0.15, -0.1) is 0 Å². The van der Waals surface area contributed by atoms with E-state index in [0.717, 1.165) is 47.1 Å². The molecule has 0 aliphatic heterocycles. The SMILES string of the molecule is CN(Cc1ccc2[nH]c(-c3cc(N)nc4nc[nH]c34)cc2c1)C1CCC(=O)CC1. The highest BCUT2D eigenvalue weighted by Crippen LogP contribution is 2.30. The fourth-order valence-corrected chi connectivity index (χ4v) is 4.37. The minimum atomic E-state index is 0.402. The van der Waals surface area contributed by atoms with Gasteiger partial charge in [-0.05, 0) is 49.7 Å². The Kier molecular flexibility index (Phi) is 4.32. The van der Waals surface area contributed by atoms with Crippen molar-refractivity contribution in [2.45, 2.75) is 38.3 Å². The monoisotopic (exact) mass is 388 g/mol. The van der Waals surface area contributed by atoms with E-state index in [1.807, 2.05) is 6.07 Å². The maximum Gasteiger partial charge on any atom is 0.180 e. The molecule has 7 heteroatoms. The van der Waals surface area contributed by atoms with E-state index in [2.05, 4.69) is 56.1 Å². The Morgan fingerprint density at radius 1 is 1.21 bits per heavy atom. The molecule has 148 valence electrons. The van der Waals surface area contributed by atoms with Crippen LogP contribution in [0.2, 0.25) is 0 Å².